The molecule has 1 aromatic carbocycles. The predicted molar refractivity (Wildman–Crippen MR) is 77.6 cm³/mol. The molecule has 2 rings (SSSR count). The standard InChI is InChI=1S/C13H17Br2NO/c14-11-6-3-7-12(15)13(11)17-9-8-16-10-4-1-2-5-10/h3,6-7,10,16H,1-2,4-5,8-9H2. The number of para-hydroxylation sites is 1. The Morgan fingerprint density at radius 2 is 1.82 bits per heavy atom. The first-order valence-corrected chi connectivity index (χ1v) is 7.66. The van der Waals surface area contributed by atoms with Crippen LogP contribution in [0.2, 0.25) is 0 Å². The summed E-state index contributed by atoms with van der Waals surface area (Å²) in [7, 11) is 0. The Bertz CT molecular complexity index is 344. The molecule has 1 aromatic rings. The minimum atomic E-state index is 0.706. The molecule has 94 valence electrons. The fraction of sp³-hybridized carbons (Fsp3) is 0.538. The second kappa shape index (κ2) is 6.76. The summed E-state index contributed by atoms with van der Waals surface area (Å²) >= 11 is 6.98. The summed E-state index contributed by atoms with van der Waals surface area (Å²) in [5.41, 5.74) is 0. The highest BCUT2D eigenvalue weighted by molar-refractivity contribution is 9.11. The molecular weight excluding hydrogens is 346 g/mol. The molecule has 1 saturated carbocycles. The normalized spacial score (nSPS) is 16.4. The predicted octanol–water partition coefficient (Wildman–Crippen LogP) is 4.12. The summed E-state index contributed by atoms with van der Waals surface area (Å²) in [6, 6.07) is 6.67. The molecule has 0 bridgehead atoms. The quantitative estimate of drug-likeness (QED) is 0.795. The summed E-state index contributed by atoms with van der Waals surface area (Å²) in [5.74, 6) is 0.890. The molecule has 17 heavy (non-hydrogen) atoms. The molecule has 4 heteroatoms. The zero-order valence-electron chi connectivity index (χ0n) is 9.72. The van der Waals surface area contributed by atoms with E-state index in [1.807, 2.05) is 18.2 Å². The van der Waals surface area contributed by atoms with Gasteiger partial charge in [-0.15, -0.1) is 0 Å². The van der Waals surface area contributed by atoms with Crippen molar-refractivity contribution in [3.05, 3.63) is 27.1 Å². The fourth-order valence-electron chi connectivity index (χ4n) is 2.17. The van der Waals surface area contributed by atoms with Crippen molar-refractivity contribution in [2.75, 3.05) is 13.2 Å². The Labute approximate surface area is 119 Å². The smallest absolute Gasteiger partial charge is 0.147 e. The lowest BCUT2D eigenvalue weighted by Crippen LogP contribution is -2.30. The first kappa shape index (κ1) is 13.4. The lowest BCUT2D eigenvalue weighted by Gasteiger charge is -2.13. The second-order valence-electron chi connectivity index (χ2n) is 4.33. The van der Waals surface area contributed by atoms with Gasteiger partial charge in [-0.2, -0.15) is 0 Å². The van der Waals surface area contributed by atoms with E-state index in [-0.39, 0.29) is 0 Å². The van der Waals surface area contributed by atoms with Crippen LogP contribution in [-0.2, 0) is 0 Å². The number of nitrogens with one attached hydrogen (secondary N) is 1. The van der Waals surface area contributed by atoms with E-state index in [2.05, 4.69) is 37.2 Å². The molecule has 0 amide bonds. The molecular formula is C13H17Br2NO. The lowest BCUT2D eigenvalue weighted by atomic mass is 10.2. The molecule has 2 nitrogen and oxygen atoms in total. The van der Waals surface area contributed by atoms with Crippen LogP contribution in [0, 0.1) is 0 Å². The maximum Gasteiger partial charge on any atom is 0.147 e. The summed E-state index contributed by atoms with van der Waals surface area (Å²) in [6.07, 6.45) is 5.38. The maximum atomic E-state index is 5.77. The monoisotopic (exact) mass is 361 g/mol. The van der Waals surface area contributed by atoms with Gasteiger partial charge in [0.25, 0.3) is 0 Å². The van der Waals surface area contributed by atoms with E-state index in [0.717, 1.165) is 21.2 Å². The molecule has 0 radical (unpaired) electrons. The highest BCUT2D eigenvalue weighted by Gasteiger charge is 2.13. The van der Waals surface area contributed by atoms with Gasteiger partial charge in [0.05, 0.1) is 8.95 Å². The number of rotatable bonds is 5. The Morgan fingerprint density at radius 3 is 2.47 bits per heavy atom. The van der Waals surface area contributed by atoms with Crippen molar-refractivity contribution in [1.82, 2.24) is 5.32 Å². The third-order valence-corrected chi connectivity index (χ3v) is 4.30. The van der Waals surface area contributed by atoms with Crippen LogP contribution in [0.25, 0.3) is 0 Å². The zero-order valence-corrected chi connectivity index (χ0v) is 12.9. The van der Waals surface area contributed by atoms with Crippen molar-refractivity contribution in [1.29, 1.82) is 0 Å². The molecule has 1 aliphatic carbocycles. The molecule has 0 aliphatic heterocycles. The van der Waals surface area contributed by atoms with E-state index in [4.69, 9.17) is 4.74 Å². The molecule has 0 spiro atoms. The van der Waals surface area contributed by atoms with Crippen LogP contribution in [0.3, 0.4) is 0 Å². The van der Waals surface area contributed by atoms with Crippen LogP contribution in [0.1, 0.15) is 25.7 Å². The number of hydrogen-bond donors (Lipinski definition) is 1. The molecule has 1 aliphatic rings. The van der Waals surface area contributed by atoms with Gasteiger partial charge in [0, 0.05) is 12.6 Å². The Morgan fingerprint density at radius 1 is 1.18 bits per heavy atom. The third-order valence-electron chi connectivity index (χ3n) is 3.06. The Kier molecular flexibility index (Phi) is 5.32. The van der Waals surface area contributed by atoms with E-state index < -0.39 is 0 Å². The van der Waals surface area contributed by atoms with Crippen molar-refractivity contribution in [3.63, 3.8) is 0 Å². The summed E-state index contributed by atoms with van der Waals surface area (Å²) in [5, 5.41) is 3.54. The van der Waals surface area contributed by atoms with Crippen LogP contribution in [0.15, 0.2) is 27.1 Å². The van der Waals surface area contributed by atoms with Gasteiger partial charge in [-0.1, -0.05) is 18.9 Å². The van der Waals surface area contributed by atoms with Crippen molar-refractivity contribution in [2.45, 2.75) is 31.7 Å². The van der Waals surface area contributed by atoms with Gasteiger partial charge in [0.1, 0.15) is 12.4 Å². The van der Waals surface area contributed by atoms with Crippen molar-refractivity contribution in [2.24, 2.45) is 0 Å². The van der Waals surface area contributed by atoms with Gasteiger partial charge >= 0.3 is 0 Å². The van der Waals surface area contributed by atoms with Gasteiger partial charge in [-0.3, -0.25) is 0 Å². The van der Waals surface area contributed by atoms with Crippen molar-refractivity contribution in [3.8, 4) is 5.75 Å². The van der Waals surface area contributed by atoms with E-state index in [1.54, 1.807) is 0 Å². The minimum Gasteiger partial charge on any atom is -0.490 e. The average molecular weight is 363 g/mol. The highest BCUT2D eigenvalue weighted by atomic mass is 79.9. The Balaban J connectivity index is 1.74. The van der Waals surface area contributed by atoms with Gasteiger partial charge < -0.3 is 10.1 Å². The van der Waals surface area contributed by atoms with Crippen LogP contribution >= 0.6 is 31.9 Å². The molecule has 0 unspecified atom stereocenters. The van der Waals surface area contributed by atoms with Crippen molar-refractivity contribution < 1.29 is 4.74 Å². The van der Waals surface area contributed by atoms with E-state index in [9.17, 15) is 0 Å². The van der Waals surface area contributed by atoms with Gasteiger partial charge in [-0.25, -0.2) is 0 Å². The number of hydrogen-bond acceptors (Lipinski definition) is 2. The first-order chi connectivity index (χ1) is 8.27. The number of ether oxygens (including phenoxy) is 1. The van der Waals surface area contributed by atoms with E-state index in [1.165, 1.54) is 25.7 Å². The molecule has 1 N–H and O–H groups in total. The maximum absolute atomic E-state index is 5.77. The summed E-state index contributed by atoms with van der Waals surface area (Å²) in [4.78, 5) is 0. The molecule has 0 aromatic heterocycles. The zero-order chi connectivity index (χ0) is 12.1. The minimum absolute atomic E-state index is 0.706. The van der Waals surface area contributed by atoms with Gasteiger partial charge in [0.15, 0.2) is 0 Å². The SMILES string of the molecule is Brc1cccc(Br)c1OCCNC1CCCC1. The van der Waals surface area contributed by atoms with Crippen molar-refractivity contribution >= 4 is 31.9 Å². The largest absolute Gasteiger partial charge is 0.490 e. The number of benzene rings is 1. The van der Waals surface area contributed by atoms with Crippen LogP contribution in [0.4, 0.5) is 0 Å². The van der Waals surface area contributed by atoms with Crippen LogP contribution in [0.5, 0.6) is 5.75 Å². The summed E-state index contributed by atoms with van der Waals surface area (Å²) < 4.78 is 7.76. The highest BCUT2D eigenvalue weighted by Crippen LogP contribution is 2.32. The second-order valence-corrected chi connectivity index (χ2v) is 6.04. The van der Waals surface area contributed by atoms with Gasteiger partial charge in [0.2, 0.25) is 0 Å². The summed E-state index contributed by atoms with van der Waals surface area (Å²) in [6.45, 7) is 1.62. The Hall–Kier alpha value is -0.0600. The first-order valence-electron chi connectivity index (χ1n) is 6.07. The molecule has 0 saturated heterocycles. The molecule has 1 fully saturated rings. The molecule has 0 atom stereocenters. The number of halogens is 2. The third kappa shape index (κ3) is 3.97. The topological polar surface area (TPSA) is 21.3 Å². The van der Waals surface area contributed by atoms with E-state index in [0.29, 0.717) is 12.6 Å². The van der Waals surface area contributed by atoms with Crippen LogP contribution < -0.4 is 10.1 Å². The van der Waals surface area contributed by atoms with E-state index >= 15 is 0 Å². The lowest BCUT2D eigenvalue weighted by molar-refractivity contribution is 0.302. The molecule has 0 heterocycles. The van der Waals surface area contributed by atoms with Crippen LogP contribution in [-0.4, -0.2) is 19.2 Å². The van der Waals surface area contributed by atoms with Gasteiger partial charge in [-0.05, 0) is 56.8 Å². The fourth-order valence-corrected chi connectivity index (χ4v) is 3.39. The average Bonchev–Trinajstić information content (AvgIpc) is 2.80.